The van der Waals surface area contributed by atoms with E-state index in [1.165, 1.54) is 4.90 Å². The molecule has 0 unspecified atom stereocenters. The Bertz CT molecular complexity index is 269. The van der Waals surface area contributed by atoms with E-state index >= 15 is 0 Å². The third kappa shape index (κ3) is 4.58. The maximum absolute atomic E-state index is 9.13. The lowest BCUT2D eigenvalue weighted by Crippen LogP contribution is -2.25. The lowest BCUT2D eigenvalue weighted by Gasteiger charge is -2.17. The summed E-state index contributed by atoms with van der Waals surface area (Å²) in [5.41, 5.74) is 0. The predicted octanol–water partition coefficient (Wildman–Crippen LogP) is 2.83. The summed E-state index contributed by atoms with van der Waals surface area (Å²) in [6.45, 7) is 7.74. The zero-order chi connectivity index (χ0) is 11.1. The van der Waals surface area contributed by atoms with Crippen molar-refractivity contribution in [2.24, 2.45) is 0 Å². The van der Waals surface area contributed by atoms with Gasteiger partial charge in [0.15, 0.2) is 0 Å². The largest absolute Gasteiger partial charge is 0.508 e. The van der Waals surface area contributed by atoms with Crippen LogP contribution >= 0.6 is 11.8 Å². The zero-order valence-electron chi connectivity index (χ0n) is 9.44. The predicted molar refractivity (Wildman–Crippen MR) is 66.6 cm³/mol. The van der Waals surface area contributed by atoms with E-state index in [1.54, 1.807) is 12.1 Å². The molecular formula is C12H19NOS. The summed E-state index contributed by atoms with van der Waals surface area (Å²) in [7, 11) is 0. The van der Waals surface area contributed by atoms with Gasteiger partial charge in [-0.15, -0.1) is 11.8 Å². The van der Waals surface area contributed by atoms with E-state index in [9.17, 15) is 0 Å². The quantitative estimate of drug-likeness (QED) is 0.753. The Morgan fingerprint density at radius 3 is 2.27 bits per heavy atom. The van der Waals surface area contributed by atoms with Crippen LogP contribution in [0.5, 0.6) is 5.75 Å². The van der Waals surface area contributed by atoms with Gasteiger partial charge in [0, 0.05) is 17.2 Å². The standard InChI is InChI=1S/C12H19NOS/c1-3-13(4-2)9-10-15-12-7-5-11(14)6-8-12/h5-8,14H,3-4,9-10H2,1-2H3. The minimum Gasteiger partial charge on any atom is -0.508 e. The average Bonchev–Trinajstić information content (AvgIpc) is 2.27. The highest BCUT2D eigenvalue weighted by Crippen LogP contribution is 2.20. The summed E-state index contributed by atoms with van der Waals surface area (Å²) in [5.74, 6) is 1.44. The first-order valence-corrected chi connectivity index (χ1v) is 6.39. The number of hydrogen-bond donors (Lipinski definition) is 1. The van der Waals surface area contributed by atoms with E-state index in [-0.39, 0.29) is 0 Å². The van der Waals surface area contributed by atoms with Crippen LogP contribution in [0, 0.1) is 0 Å². The first-order chi connectivity index (χ1) is 7.26. The number of phenolic OH excluding ortho intramolecular Hbond substituents is 1. The topological polar surface area (TPSA) is 23.5 Å². The van der Waals surface area contributed by atoms with Crippen molar-refractivity contribution in [3.63, 3.8) is 0 Å². The molecule has 15 heavy (non-hydrogen) atoms. The minimum absolute atomic E-state index is 0.336. The highest BCUT2D eigenvalue weighted by atomic mass is 32.2. The third-order valence-corrected chi connectivity index (χ3v) is 3.40. The first kappa shape index (κ1) is 12.4. The van der Waals surface area contributed by atoms with Crippen molar-refractivity contribution < 1.29 is 5.11 Å². The van der Waals surface area contributed by atoms with Gasteiger partial charge in [0.2, 0.25) is 0 Å². The Balaban J connectivity index is 2.28. The van der Waals surface area contributed by atoms with Crippen LogP contribution in [0.15, 0.2) is 29.2 Å². The zero-order valence-corrected chi connectivity index (χ0v) is 10.3. The lowest BCUT2D eigenvalue weighted by molar-refractivity contribution is 0.324. The van der Waals surface area contributed by atoms with Crippen LogP contribution in [-0.4, -0.2) is 35.4 Å². The molecule has 0 atom stereocenters. The Morgan fingerprint density at radius 1 is 1.13 bits per heavy atom. The first-order valence-electron chi connectivity index (χ1n) is 5.40. The fourth-order valence-electron chi connectivity index (χ4n) is 1.37. The molecule has 0 saturated carbocycles. The Labute approximate surface area is 96.3 Å². The van der Waals surface area contributed by atoms with Gasteiger partial charge in [0.25, 0.3) is 0 Å². The second kappa shape index (κ2) is 6.75. The van der Waals surface area contributed by atoms with Gasteiger partial charge >= 0.3 is 0 Å². The molecule has 0 heterocycles. The molecule has 0 amide bonds. The molecule has 1 aromatic carbocycles. The SMILES string of the molecule is CCN(CC)CCSc1ccc(O)cc1. The molecule has 0 aliphatic heterocycles. The fraction of sp³-hybridized carbons (Fsp3) is 0.500. The van der Waals surface area contributed by atoms with E-state index < -0.39 is 0 Å². The van der Waals surface area contributed by atoms with Crippen molar-refractivity contribution in [3.05, 3.63) is 24.3 Å². The van der Waals surface area contributed by atoms with Gasteiger partial charge in [-0.05, 0) is 37.4 Å². The Hall–Kier alpha value is -0.670. The Kier molecular flexibility index (Phi) is 5.58. The molecule has 0 aromatic heterocycles. The molecule has 0 aliphatic rings. The number of nitrogens with zero attached hydrogens (tertiary/aromatic N) is 1. The summed E-state index contributed by atoms with van der Waals surface area (Å²) in [6.07, 6.45) is 0. The summed E-state index contributed by atoms with van der Waals surface area (Å²) >= 11 is 1.84. The van der Waals surface area contributed by atoms with Crippen LogP contribution in [0.3, 0.4) is 0 Å². The van der Waals surface area contributed by atoms with Crippen LogP contribution in [0.2, 0.25) is 0 Å². The smallest absolute Gasteiger partial charge is 0.115 e. The normalized spacial score (nSPS) is 10.9. The van der Waals surface area contributed by atoms with Crippen molar-refractivity contribution in [1.82, 2.24) is 4.90 Å². The highest BCUT2D eigenvalue weighted by Gasteiger charge is 1.99. The van der Waals surface area contributed by atoms with Crippen molar-refractivity contribution in [3.8, 4) is 5.75 Å². The van der Waals surface area contributed by atoms with Gasteiger partial charge in [-0.1, -0.05) is 13.8 Å². The molecule has 0 radical (unpaired) electrons. The molecule has 2 nitrogen and oxygen atoms in total. The van der Waals surface area contributed by atoms with Crippen molar-refractivity contribution in [2.75, 3.05) is 25.4 Å². The van der Waals surface area contributed by atoms with E-state index in [0.717, 1.165) is 25.4 Å². The molecule has 3 heteroatoms. The molecule has 0 saturated heterocycles. The number of aromatic hydroxyl groups is 1. The number of thioether (sulfide) groups is 1. The second-order valence-electron chi connectivity index (χ2n) is 3.37. The van der Waals surface area contributed by atoms with Crippen LogP contribution in [-0.2, 0) is 0 Å². The summed E-state index contributed by atoms with van der Waals surface area (Å²) in [6, 6.07) is 7.39. The maximum atomic E-state index is 9.13. The van der Waals surface area contributed by atoms with Gasteiger partial charge < -0.3 is 10.0 Å². The third-order valence-electron chi connectivity index (χ3n) is 2.41. The maximum Gasteiger partial charge on any atom is 0.115 e. The van der Waals surface area contributed by atoms with Gasteiger partial charge in [-0.3, -0.25) is 0 Å². The van der Waals surface area contributed by atoms with Gasteiger partial charge in [-0.25, -0.2) is 0 Å². The lowest BCUT2D eigenvalue weighted by atomic mass is 10.3. The number of rotatable bonds is 6. The van der Waals surface area contributed by atoms with Crippen LogP contribution in [0.25, 0.3) is 0 Å². The van der Waals surface area contributed by atoms with Crippen molar-refractivity contribution in [1.29, 1.82) is 0 Å². The van der Waals surface area contributed by atoms with Crippen LogP contribution < -0.4 is 0 Å². The molecule has 1 aromatic rings. The van der Waals surface area contributed by atoms with Crippen LogP contribution in [0.1, 0.15) is 13.8 Å². The molecule has 1 rings (SSSR count). The number of hydrogen-bond acceptors (Lipinski definition) is 3. The van der Waals surface area contributed by atoms with Gasteiger partial charge in [0.05, 0.1) is 0 Å². The molecule has 0 aliphatic carbocycles. The van der Waals surface area contributed by atoms with E-state index in [2.05, 4.69) is 18.7 Å². The molecule has 0 fully saturated rings. The molecular weight excluding hydrogens is 206 g/mol. The molecule has 84 valence electrons. The molecule has 0 spiro atoms. The summed E-state index contributed by atoms with van der Waals surface area (Å²) in [5, 5.41) is 9.13. The number of phenols is 1. The average molecular weight is 225 g/mol. The van der Waals surface area contributed by atoms with E-state index in [1.807, 2.05) is 23.9 Å². The van der Waals surface area contributed by atoms with Gasteiger partial charge in [0.1, 0.15) is 5.75 Å². The second-order valence-corrected chi connectivity index (χ2v) is 4.54. The van der Waals surface area contributed by atoms with Crippen molar-refractivity contribution >= 4 is 11.8 Å². The van der Waals surface area contributed by atoms with E-state index in [0.29, 0.717) is 5.75 Å². The van der Waals surface area contributed by atoms with Gasteiger partial charge in [-0.2, -0.15) is 0 Å². The Morgan fingerprint density at radius 2 is 1.73 bits per heavy atom. The monoisotopic (exact) mass is 225 g/mol. The minimum atomic E-state index is 0.336. The van der Waals surface area contributed by atoms with E-state index in [4.69, 9.17) is 5.11 Å². The van der Waals surface area contributed by atoms with Crippen molar-refractivity contribution in [2.45, 2.75) is 18.7 Å². The summed E-state index contributed by atoms with van der Waals surface area (Å²) in [4.78, 5) is 3.63. The summed E-state index contributed by atoms with van der Waals surface area (Å²) < 4.78 is 0. The number of benzene rings is 1. The molecule has 1 N–H and O–H groups in total. The highest BCUT2D eigenvalue weighted by molar-refractivity contribution is 7.99. The molecule has 0 bridgehead atoms. The van der Waals surface area contributed by atoms with Crippen LogP contribution in [0.4, 0.5) is 0 Å². The fourth-order valence-corrected chi connectivity index (χ4v) is 2.29.